The fourth-order valence-electron chi connectivity index (χ4n) is 1.84. The Morgan fingerprint density at radius 1 is 1.47 bits per heavy atom. The molecule has 1 aromatic heterocycles. The van der Waals surface area contributed by atoms with Crippen molar-refractivity contribution < 1.29 is 9.18 Å². The SMILES string of the molecule is CC(Cc1ccsc1)NC(=O)c1cc(F)ccc1N. The molecule has 3 nitrogen and oxygen atoms in total. The van der Waals surface area contributed by atoms with Gasteiger partial charge >= 0.3 is 0 Å². The lowest BCUT2D eigenvalue weighted by Crippen LogP contribution is -2.34. The summed E-state index contributed by atoms with van der Waals surface area (Å²) in [6.45, 7) is 1.91. The monoisotopic (exact) mass is 278 g/mol. The number of nitrogens with one attached hydrogen (secondary N) is 1. The van der Waals surface area contributed by atoms with Crippen molar-refractivity contribution in [2.75, 3.05) is 5.73 Å². The summed E-state index contributed by atoms with van der Waals surface area (Å²) in [5.74, 6) is -0.815. The summed E-state index contributed by atoms with van der Waals surface area (Å²) < 4.78 is 13.1. The summed E-state index contributed by atoms with van der Waals surface area (Å²) >= 11 is 1.62. The molecule has 0 saturated carbocycles. The van der Waals surface area contributed by atoms with Crippen LogP contribution in [-0.4, -0.2) is 11.9 Å². The van der Waals surface area contributed by atoms with Crippen LogP contribution in [0.25, 0.3) is 0 Å². The van der Waals surface area contributed by atoms with Crippen LogP contribution in [0.2, 0.25) is 0 Å². The third-order valence-electron chi connectivity index (χ3n) is 2.76. The summed E-state index contributed by atoms with van der Waals surface area (Å²) in [5.41, 5.74) is 7.30. The van der Waals surface area contributed by atoms with Crippen molar-refractivity contribution >= 4 is 22.9 Å². The molecule has 1 unspecified atom stereocenters. The summed E-state index contributed by atoms with van der Waals surface area (Å²) in [6, 6.07) is 5.77. The zero-order valence-electron chi connectivity index (χ0n) is 10.5. The zero-order chi connectivity index (χ0) is 13.8. The number of amides is 1. The second-order valence-corrected chi connectivity index (χ2v) is 5.22. The lowest BCUT2D eigenvalue weighted by Gasteiger charge is -2.14. The summed E-state index contributed by atoms with van der Waals surface area (Å²) in [4.78, 5) is 12.0. The van der Waals surface area contributed by atoms with Gasteiger partial charge in [-0.3, -0.25) is 4.79 Å². The first-order chi connectivity index (χ1) is 9.06. The van der Waals surface area contributed by atoms with Crippen LogP contribution in [0, 0.1) is 5.82 Å². The van der Waals surface area contributed by atoms with Crippen molar-refractivity contribution in [3.63, 3.8) is 0 Å². The first kappa shape index (κ1) is 13.5. The number of halogens is 1. The van der Waals surface area contributed by atoms with Gasteiger partial charge in [0.25, 0.3) is 5.91 Å². The Morgan fingerprint density at radius 2 is 2.26 bits per heavy atom. The minimum Gasteiger partial charge on any atom is -0.398 e. The summed E-state index contributed by atoms with van der Waals surface area (Å²) in [6.07, 6.45) is 0.741. The number of hydrogen-bond acceptors (Lipinski definition) is 3. The van der Waals surface area contributed by atoms with E-state index in [1.165, 1.54) is 17.7 Å². The minimum absolute atomic E-state index is 0.0373. The smallest absolute Gasteiger partial charge is 0.253 e. The lowest BCUT2D eigenvalue weighted by atomic mass is 10.1. The molecule has 19 heavy (non-hydrogen) atoms. The maximum absolute atomic E-state index is 13.1. The zero-order valence-corrected chi connectivity index (χ0v) is 11.3. The van der Waals surface area contributed by atoms with Gasteiger partial charge in [0.05, 0.1) is 5.56 Å². The standard InChI is InChI=1S/C14H15FN2OS/c1-9(6-10-4-5-19-8-10)17-14(18)12-7-11(15)2-3-13(12)16/h2-5,7-9H,6,16H2,1H3,(H,17,18). The van der Waals surface area contributed by atoms with E-state index in [1.807, 2.05) is 23.8 Å². The number of anilines is 1. The van der Waals surface area contributed by atoms with Crippen LogP contribution in [0.3, 0.4) is 0 Å². The Bertz CT molecular complexity index is 569. The molecule has 3 N–H and O–H groups in total. The minimum atomic E-state index is -0.468. The van der Waals surface area contributed by atoms with Gasteiger partial charge in [0.1, 0.15) is 5.82 Å². The predicted octanol–water partition coefficient (Wildman–Crippen LogP) is 2.83. The third kappa shape index (κ3) is 3.54. The first-order valence-corrected chi connectivity index (χ1v) is 6.87. The molecule has 0 spiro atoms. The molecule has 0 saturated heterocycles. The Hall–Kier alpha value is -1.88. The van der Waals surface area contributed by atoms with Gasteiger partial charge in [-0.15, -0.1) is 0 Å². The van der Waals surface area contributed by atoms with Crippen LogP contribution >= 0.6 is 11.3 Å². The van der Waals surface area contributed by atoms with Gasteiger partial charge in [-0.2, -0.15) is 11.3 Å². The maximum Gasteiger partial charge on any atom is 0.253 e. The van der Waals surface area contributed by atoms with Crippen molar-refractivity contribution in [1.29, 1.82) is 0 Å². The molecule has 1 heterocycles. The molecular weight excluding hydrogens is 263 g/mol. The number of nitrogen functional groups attached to an aromatic ring is 1. The van der Waals surface area contributed by atoms with Gasteiger partial charge in [-0.1, -0.05) is 0 Å². The Balaban J connectivity index is 2.02. The number of carbonyl (C=O) groups excluding carboxylic acids is 1. The molecule has 0 bridgehead atoms. The molecule has 5 heteroatoms. The second kappa shape index (κ2) is 5.84. The Kier molecular flexibility index (Phi) is 4.16. The average molecular weight is 278 g/mol. The van der Waals surface area contributed by atoms with Crippen LogP contribution < -0.4 is 11.1 Å². The second-order valence-electron chi connectivity index (χ2n) is 4.44. The molecule has 0 radical (unpaired) electrons. The van der Waals surface area contributed by atoms with Gasteiger partial charge in [0.15, 0.2) is 0 Å². The van der Waals surface area contributed by atoms with Gasteiger partial charge in [-0.05, 0) is 53.9 Å². The molecule has 100 valence electrons. The van der Waals surface area contributed by atoms with Crippen LogP contribution in [-0.2, 0) is 6.42 Å². The highest BCUT2D eigenvalue weighted by Crippen LogP contribution is 2.14. The van der Waals surface area contributed by atoms with E-state index < -0.39 is 5.82 Å². The summed E-state index contributed by atoms with van der Waals surface area (Å²) in [7, 11) is 0. The van der Waals surface area contributed by atoms with Gasteiger partial charge < -0.3 is 11.1 Å². The number of carbonyl (C=O) groups is 1. The molecule has 1 atom stereocenters. The number of hydrogen-bond donors (Lipinski definition) is 2. The van der Waals surface area contributed by atoms with Crippen molar-refractivity contribution in [2.45, 2.75) is 19.4 Å². The summed E-state index contributed by atoms with van der Waals surface area (Å²) in [5, 5.41) is 6.86. The van der Waals surface area contributed by atoms with Gasteiger partial charge in [-0.25, -0.2) is 4.39 Å². The van der Waals surface area contributed by atoms with E-state index in [0.29, 0.717) is 0 Å². The highest BCUT2D eigenvalue weighted by molar-refractivity contribution is 7.07. The van der Waals surface area contributed by atoms with E-state index in [2.05, 4.69) is 5.32 Å². The van der Waals surface area contributed by atoms with Crippen LogP contribution in [0.1, 0.15) is 22.8 Å². The fraction of sp³-hybridized carbons (Fsp3) is 0.214. The molecule has 2 aromatic rings. The van der Waals surface area contributed by atoms with Crippen LogP contribution in [0.15, 0.2) is 35.0 Å². The van der Waals surface area contributed by atoms with E-state index in [0.717, 1.165) is 12.5 Å². The van der Waals surface area contributed by atoms with Crippen molar-refractivity contribution in [1.82, 2.24) is 5.32 Å². The Labute approximate surface area is 115 Å². The number of thiophene rings is 1. The molecule has 0 aliphatic rings. The molecule has 1 aromatic carbocycles. The largest absolute Gasteiger partial charge is 0.398 e. The average Bonchev–Trinajstić information content (AvgIpc) is 2.84. The van der Waals surface area contributed by atoms with Crippen LogP contribution in [0.4, 0.5) is 10.1 Å². The van der Waals surface area contributed by atoms with Crippen molar-refractivity contribution in [2.24, 2.45) is 0 Å². The van der Waals surface area contributed by atoms with Gasteiger partial charge in [0.2, 0.25) is 0 Å². The topological polar surface area (TPSA) is 55.1 Å². The normalized spacial score (nSPS) is 12.1. The highest BCUT2D eigenvalue weighted by atomic mass is 32.1. The number of rotatable bonds is 4. The van der Waals surface area contributed by atoms with E-state index in [1.54, 1.807) is 11.3 Å². The fourth-order valence-corrected chi connectivity index (χ4v) is 2.52. The van der Waals surface area contributed by atoms with Crippen molar-refractivity contribution in [3.8, 4) is 0 Å². The van der Waals surface area contributed by atoms with E-state index in [4.69, 9.17) is 5.73 Å². The highest BCUT2D eigenvalue weighted by Gasteiger charge is 2.14. The van der Waals surface area contributed by atoms with Crippen LogP contribution in [0.5, 0.6) is 0 Å². The lowest BCUT2D eigenvalue weighted by molar-refractivity contribution is 0.0940. The number of benzene rings is 1. The molecule has 0 fully saturated rings. The molecular formula is C14H15FN2OS. The molecule has 0 aliphatic carbocycles. The quantitative estimate of drug-likeness (QED) is 0.845. The predicted molar refractivity (Wildman–Crippen MR) is 75.8 cm³/mol. The Morgan fingerprint density at radius 3 is 2.95 bits per heavy atom. The molecule has 1 amide bonds. The first-order valence-electron chi connectivity index (χ1n) is 5.93. The molecule has 0 aliphatic heterocycles. The van der Waals surface area contributed by atoms with E-state index in [-0.39, 0.29) is 23.2 Å². The third-order valence-corrected chi connectivity index (χ3v) is 3.49. The molecule has 2 rings (SSSR count). The van der Waals surface area contributed by atoms with E-state index in [9.17, 15) is 9.18 Å². The number of nitrogens with two attached hydrogens (primary N) is 1. The maximum atomic E-state index is 13.1. The van der Waals surface area contributed by atoms with E-state index >= 15 is 0 Å². The van der Waals surface area contributed by atoms with Gasteiger partial charge in [0, 0.05) is 11.7 Å². The van der Waals surface area contributed by atoms with Crippen molar-refractivity contribution in [3.05, 3.63) is 52.0 Å².